The van der Waals surface area contributed by atoms with Gasteiger partial charge in [-0.3, -0.25) is 4.98 Å². The van der Waals surface area contributed by atoms with Gasteiger partial charge in [-0.2, -0.15) is 0 Å². The van der Waals surface area contributed by atoms with E-state index in [-0.39, 0.29) is 11.0 Å². The number of hydrogen-bond acceptors (Lipinski definition) is 2. The number of nitrogens with zero attached hydrogens (tertiary/aromatic N) is 1. The third-order valence-electron chi connectivity index (χ3n) is 4.36. The Bertz CT molecular complexity index is 568. The van der Waals surface area contributed by atoms with Crippen LogP contribution in [0, 0.1) is 0 Å². The van der Waals surface area contributed by atoms with Gasteiger partial charge in [0.15, 0.2) is 0 Å². The van der Waals surface area contributed by atoms with Crippen LogP contribution in [0.15, 0.2) is 36.5 Å². The lowest BCUT2D eigenvalue weighted by Crippen LogP contribution is -2.43. The average Bonchev–Trinajstić information content (AvgIpc) is 3.08. The largest absolute Gasteiger partial charge is 0.324 e. The lowest BCUT2D eigenvalue weighted by atomic mass is 9.75. The highest BCUT2D eigenvalue weighted by molar-refractivity contribution is 5.79. The molecule has 0 bridgehead atoms. The fraction of sp³-hybridized carbons (Fsp3) is 0.400. The van der Waals surface area contributed by atoms with Crippen molar-refractivity contribution in [2.75, 3.05) is 0 Å². The molecule has 0 saturated heterocycles. The van der Waals surface area contributed by atoms with Crippen molar-refractivity contribution in [2.24, 2.45) is 5.73 Å². The molecule has 2 nitrogen and oxygen atoms in total. The van der Waals surface area contributed by atoms with Crippen molar-refractivity contribution in [3.05, 3.63) is 42.1 Å². The van der Waals surface area contributed by atoms with Crippen LogP contribution in [0.1, 0.15) is 32.3 Å². The second-order valence-electron chi connectivity index (χ2n) is 5.69. The van der Waals surface area contributed by atoms with Crippen LogP contribution < -0.4 is 5.73 Å². The summed E-state index contributed by atoms with van der Waals surface area (Å²) in [6.07, 6.45) is 4.09. The van der Waals surface area contributed by atoms with E-state index in [9.17, 15) is 0 Å². The lowest BCUT2D eigenvalue weighted by Gasteiger charge is -2.32. The van der Waals surface area contributed by atoms with Gasteiger partial charge in [0.25, 0.3) is 0 Å². The molecule has 0 unspecified atom stereocenters. The summed E-state index contributed by atoms with van der Waals surface area (Å²) in [5.41, 5.74) is 8.78. The molecule has 1 aliphatic rings. The molecule has 1 aromatic heterocycles. The van der Waals surface area contributed by atoms with Crippen LogP contribution in [-0.2, 0) is 5.41 Å². The van der Waals surface area contributed by atoms with Crippen LogP contribution in [-0.4, -0.2) is 10.5 Å². The van der Waals surface area contributed by atoms with E-state index in [0.29, 0.717) is 0 Å². The van der Waals surface area contributed by atoms with Gasteiger partial charge in [0, 0.05) is 22.5 Å². The molecule has 2 N–H and O–H groups in total. The number of fused-ring (bicyclic) bond motifs is 1. The van der Waals surface area contributed by atoms with Gasteiger partial charge in [-0.1, -0.05) is 26.0 Å². The van der Waals surface area contributed by atoms with Crippen molar-refractivity contribution in [1.29, 1.82) is 0 Å². The fourth-order valence-corrected chi connectivity index (χ4v) is 2.51. The molecule has 0 radical (unpaired) electrons. The average molecular weight is 226 g/mol. The van der Waals surface area contributed by atoms with E-state index >= 15 is 0 Å². The minimum absolute atomic E-state index is 0.0110. The van der Waals surface area contributed by atoms with Gasteiger partial charge >= 0.3 is 0 Å². The Morgan fingerprint density at radius 1 is 1.24 bits per heavy atom. The van der Waals surface area contributed by atoms with Crippen molar-refractivity contribution >= 4 is 10.9 Å². The summed E-state index contributed by atoms with van der Waals surface area (Å²) in [4.78, 5) is 4.35. The van der Waals surface area contributed by atoms with Gasteiger partial charge in [0.1, 0.15) is 0 Å². The van der Waals surface area contributed by atoms with E-state index in [1.54, 1.807) is 0 Å². The molecule has 2 aromatic rings. The number of hydrogen-bond donors (Lipinski definition) is 1. The zero-order valence-corrected chi connectivity index (χ0v) is 10.4. The third kappa shape index (κ3) is 1.55. The van der Waals surface area contributed by atoms with Crippen LogP contribution in [0.2, 0.25) is 0 Å². The van der Waals surface area contributed by atoms with Gasteiger partial charge in [0.2, 0.25) is 0 Å². The maximum atomic E-state index is 6.38. The van der Waals surface area contributed by atoms with Crippen LogP contribution in [0.25, 0.3) is 10.9 Å². The third-order valence-corrected chi connectivity index (χ3v) is 4.36. The molecule has 1 fully saturated rings. The quantitative estimate of drug-likeness (QED) is 0.855. The molecule has 88 valence electrons. The van der Waals surface area contributed by atoms with E-state index in [1.165, 1.54) is 10.9 Å². The Kier molecular flexibility index (Phi) is 2.08. The highest BCUT2D eigenvalue weighted by atomic mass is 14.9. The Morgan fingerprint density at radius 2 is 2.00 bits per heavy atom. The molecule has 0 aliphatic heterocycles. The molecule has 1 aromatic carbocycles. The van der Waals surface area contributed by atoms with Crippen molar-refractivity contribution in [2.45, 2.75) is 37.6 Å². The Labute approximate surface area is 102 Å². The topological polar surface area (TPSA) is 38.9 Å². The van der Waals surface area contributed by atoms with Gasteiger partial charge in [-0.05, 0) is 36.6 Å². The van der Waals surface area contributed by atoms with E-state index in [2.05, 4.69) is 43.1 Å². The first-order valence-corrected chi connectivity index (χ1v) is 6.17. The summed E-state index contributed by atoms with van der Waals surface area (Å²) >= 11 is 0. The van der Waals surface area contributed by atoms with Gasteiger partial charge < -0.3 is 5.73 Å². The lowest BCUT2D eigenvalue weighted by molar-refractivity contribution is 0.391. The highest BCUT2D eigenvalue weighted by Gasteiger charge is 2.51. The summed E-state index contributed by atoms with van der Waals surface area (Å²) in [7, 11) is 0. The maximum Gasteiger partial charge on any atom is 0.0702 e. The summed E-state index contributed by atoms with van der Waals surface area (Å²) in [6.45, 7) is 4.50. The number of rotatable bonds is 2. The smallest absolute Gasteiger partial charge is 0.0702 e. The highest BCUT2D eigenvalue weighted by Crippen LogP contribution is 2.49. The zero-order chi connectivity index (χ0) is 12.1. The predicted octanol–water partition coefficient (Wildman–Crippen LogP) is 3.00. The standard InChI is InChI=1S/C15H18N2/c1-14(2,15(16)7-8-15)12-5-6-13-11(10-12)4-3-9-17-13/h3-6,9-10H,7-8,16H2,1-2H3. The first-order valence-electron chi connectivity index (χ1n) is 6.17. The van der Waals surface area contributed by atoms with E-state index in [0.717, 1.165) is 18.4 Å². The summed E-state index contributed by atoms with van der Waals surface area (Å²) in [5.74, 6) is 0. The van der Waals surface area contributed by atoms with Crippen molar-refractivity contribution in [1.82, 2.24) is 4.98 Å². The summed E-state index contributed by atoms with van der Waals surface area (Å²) in [6, 6.07) is 10.6. The van der Waals surface area contributed by atoms with E-state index < -0.39 is 0 Å². The monoisotopic (exact) mass is 226 g/mol. The van der Waals surface area contributed by atoms with Gasteiger partial charge in [-0.25, -0.2) is 0 Å². The molecule has 0 amide bonds. The minimum Gasteiger partial charge on any atom is -0.324 e. The van der Waals surface area contributed by atoms with Crippen LogP contribution in [0.5, 0.6) is 0 Å². The maximum absolute atomic E-state index is 6.38. The second kappa shape index (κ2) is 3.30. The molecule has 1 heterocycles. The molecule has 3 rings (SSSR count). The van der Waals surface area contributed by atoms with Crippen molar-refractivity contribution in [3.8, 4) is 0 Å². The molecule has 1 aliphatic carbocycles. The van der Waals surface area contributed by atoms with Crippen LogP contribution >= 0.6 is 0 Å². The Morgan fingerprint density at radius 3 is 2.71 bits per heavy atom. The first kappa shape index (κ1) is 10.7. The molecule has 1 saturated carbocycles. The van der Waals surface area contributed by atoms with Crippen molar-refractivity contribution < 1.29 is 0 Å². The van der Waals surface area contributed by atoms with Gasteiger partial charge in [0.05, 0.1) is 5.52 Å². The SMILES string of the molecule is CC(C)(c1ccc2ncccc2c1)C1(N)CC1. The minimum atomic E-state index is -0.0110. The molecule has 17 heavy (non-hydrogen) atoms. The predicted molar refractivity (Wildman–Crippen MR) is 70.9 cm³/mol. The second-order valence-corrected chi connectivity index (χ2v) is 5.69. The normalized spacial score (nSPS) is 18.3. The number of pyridine rings is 1. The van der Waals surface area contributed by atoms with Crippen LogP contribution in [0.4, 0.5) is 0 Å². The van der Waals surface area contributed by atoms with E-state index in [1.807, 2.05) is 12.3 Å². The number of nitrogens with two attached hydrogens (primary N) is 1. The zero-order valence-electron chi connectivity index (χ0n) is 10.4. The Hall–Kier alpha value is -1.41. The van der Waals surface area contributed by atoms with Crippen LogP contribution in [0.3, 0.4) is 0 Å². The number of benzene rings is 1. The molecular weight excluding hydrogens is 208 g/mol. The fourth-order valence-electron chi connectivity index (χ4n) is 2.51. The Balaban J connectivity index is 2.12. The molecule has 2 heteroatoms. The summed E-state index contributed by atoms with van der Waals surface area (Å²) < 4.78 is 0. The number of aromatic nitrogens is 1. The van der Waals surface area contributed by atoms with Crippen molar-refractivity contribution in [3.63, 3.8) is 0 Å². The van der Waals surface area contributed by atoms with E-state index in [4.69, 9.17) is 5.73 Å². The first-order chi connectivity index (χ1) is 8.03. The molecular formula is C15H18N2. The van der Waals surface area contributed by atoms with Gasteiger partial charge in [-0.15, -0.1) is 0 Å². The summed E-state index contributed by atoms with van der Waals surface area (Å²) in [5, 5.41) is 1.20. The molecule has 0 spiro atoms. The molecule has 0 atom stereocenters.